The van der Waals surface area contributed by atoms with Gasteiger partial charge < -0.3 is 15.5 Å². The Bertz CT molecular complexity index is 416. The number of amides is 1. The average molecular weight is 261 g/mol. The molecule has 1 aliphatic heterocycles. The number of carbonyl (C=O) groups excluding carboxylic acids is 1. The van der Waals surface area contributed by atoms with E-state index in [0.717, 1.165) is 30.9 Å². The van der Waals surface area contributed by atoms with E-state index in [4.69, 9.17) is 0 Å². The smallest absolute Gasteiger partial charge is 0.251 e. The van der Waals surface area contributed by atoms with Gasteiger partial charge in [-0.25, -0.2) is 0 Å². The molecule has 1 aromatic rings. The third kappa shape index (κ3) is 3.70. The predicted octanol–water partition coefficient (Wildman–Crippen LogP) is 1.94. The first-order valence-corrected chi connectivity index (χ1v) is 7.03. The summed E-state index contributed by atoms with van der Waals surface area (Å²) in [5, 5.41) is 6.24. The summed E-state index contributed by atoms with van der Waals surface area (Å²) in [6.45, 7) is 4.82. The number of carbonyl (C=O) groups is 1. The fraction of sp³-hybridized carbons (Fsp3) is 0.533. The van der Waals surface area contributed by atoms with Gasteiger partial charge in [0.15, 0.2) is 0 Å². The van der Waals surface area contributed by atoms with Crippen molar-refractivity contribution in [3.8, 4) is 0 Å². The maximum Gasteiger partial charge on any atom is 0.251 e. The van der Waals surface area contributed by atoms with Crippen LogP contribution in [0.4, 0.5) is 5.69 Å². The fourth-order valence-electron chi connectivity index (χ4n) is 2.49. The van der Waals surface area contributed by atoms with Crippen LogP contribution in [0, 0.1) is 0 Å². The molecular formula is C15H23N3O. The lowest BCUT2D eigenvalue weighted by atomic mass is 10.1. The summed E-state index contributed by atoms with van der Waals surface area (Å²) in [4.78, 5) is 14.3. The summed E-state index contributed by atoms with van der Waals surface area (Å²) in [5.74, 6) is 0.0170. The minimum absolute atomic E-state index is 0.0170. The van der Waals surface area contributed by atoms with Crippen LogP contribution in [0.1, 0.15) is 30.1 Å². The molecule has 4 nitrogen and oxygen atoms in total. The quantitative estimate of drug-likeness (QED) is 0.851. The molecule has 1 fully saturated rings. The van der Waals surface area contributed by atoms with E-state index in [0.29, 0.717) is 6.04 Å². The lowest BCUT2D eigenvalue weighted by Gasteiger charge is -2.19. The second-order valence-corrected chi connectivity index (χ2v) is 5.09. The van der Waals surface area contributed by atoms with Crippen molar-refractivity contribution in [3.63, 3.8) is 0 Å². The second-order valence-electron chi connectivity index (χ2n) is 5.09. The predicted molar refractivity (Wildman–Crippen MR) is 78.6 cm³/mol. The maximum absolute atomic E-state index is 12.0. The van der Waals surface area contributed by atoms with E-state index in [1.165, 1.54) is 12.8 Å². The van der Waals surface area contributed by atoms with Crippen LogP contribution in [-0.4, -0.2) is 43.5 Å². The monoisotopic (exact) mass is 261 g/mol. The van der Waals surface area contributed by atoms with Gasteiger partial charge in [-0.05, 0) is 57.6 Å². The molecule has 0 spiro atoms. The molecule has 1 unspecified atom stereocenters. The van der Waals surface area contributed by atoms with Crippen LogP contribution in [0.2, 0.25) is 0 Å². The molecule has 19 heavy (non-hydrogen) atoms. The largest absolute Gasteiger partial charge is 0.385 e. The van der Waals surface area contributed by atoms with E-state index in [2.05, 4.69) is 29.5 Å². The zero-order valence-electron chi connectivity index (χ0n) is 11.8. The van der Waals surface area contributed by atoms with Crippen LogP contribution < -0.4 is 10.6 Å². The number of nitrogens with one attached hydrogen (secondary N) is 2. The lowest BCUT2D eigenvalue weighted by molar-refractivity contribution is 0.0943. The topological polar surface area (TPSA) is 44.4 Å². The van der Waals surface area contributed by atoms with Crippen molar-refractivity contribution in [3.05, 3.63) is 29.8 Å². The van der Waals surface area contributed by atoms with Crippen LogP contribution in [-0.2, 0) is 0 Å². The fourth-order valence-corrected chi connectivity index (χ4v) is 2.49. The van der Waals surface area contributed by atoms with Gasteiger partial charge in [0.2, 0.25) is 0 Å². The first-order chi connectivity index (χ1) is 9.20. The van der Waals surface area contributed by atoms with Crippen molar-refractivity contribution in [2.75, 3.05) is 32.0 Å². The molecule has 1 aromatic carbocycles. The molecule has 1 atom stereocenters. The van der Waals surface area contributed by atoms with Gasteiger partial charge in [0.25, 0.3) is 5.91 Å². The van der Waals surface area contributed by atoms with Crippen LogP contribution in [0.15, 0.2) is 24.3 Å². The van der Waals surface area contributed by atoms with Crippen molar-refractivity contribution in [2.45, 2.75) is 25.8 Å². The van der Waals surface area contributed by atoms with Gasteiger partial charge in [-0.3, -0.25) is 4.79 Å². The highest BCUT2D eigenvalue weighted by Crippen LogP contribution is 2.14. The van der Waals surface area contributed by atoms with E-state index in [1.54, 1.807) is 0 Å². The van der Waals surface area contributed by atoms with E-state index in [1.807, 2.05) is 24.3 Å². The molecule has 104 valence electrons. The van der Waals surface area contributed by atoms with Crippen LogP contribution in [0.25, 0.3) is 0 Å². The lowest BCUT2D eigenvalue weighted by Crippen LogP contribution is -2.38. The molecule has 1 saturated heterocycles. The van der Waals surface area contributed by atoms with E-state index in [-0.39, 0.29) is 5.91 Å². The summed E-state index contributed by atoms with van der Waals surface area (Å²) >= 11 is 0. The number of rotatable bonds is 5. The Hall–Kier alpha value is -1.55. The number of benzene rings is 1. The van der Waals surface area contributed by atoms with Crippen LogP contribution >= 0.6 is 0 Å². The Balaban J connectivity index is 1.85. The molecule has 0 saturated carbocycles. The minimum atomic E-state index is 0.0170. The summed E-state index contributed by atoms with van der Waals surface area (Å²) in [7, 11) is 2.12. The highest BCUT2D eigenvalue weighted by Gasteiger charge is 2.21. The van der Waals surface area contributed by atoms with Gasteiger partial charge in [0.05, 0.1) is 0 Å². The Morgan fingerprint density at radius 1 is 1.37 bits per heavy atom. The number of hydrogen-bond donors (Lipinski definition) is 2. The third-order valence-corrected chi connectivity index (χ3v) is 3.70. The van der Waals surface area contributed by atoms with Crippen molar-refractivity contribution >= 4 is 11.6 Å². The zero-order valence-corrected chi connectivity index (χ0v) is 11.8. The number of nitrogens with zero attached hydrogens (tertiary/aromatic N) is 1. The number of likely N-dealkylation sites (N-methyl/N-ethyl adjacent to an activating group) is 1. The third-order valence-electron chi connectivity index (χ3n) is 3.70. The normalized spacial score (nSPS) is 19.4. The maximum atomic E-state index is 12.0. The minimum Gasteiger partial charge on any atom is -0.385 e. The van der Waals surface area contributed by atoms with Crippen molar-refractivity contribution in [1.82, 2.24) is 10.2 Å². The molecule has 1 heterocycles. The van der Waals surface area contributed by atoms with Gasteiger partial charge in [-0.15, -0.1) is 0 Å². The summed E-state index contributed by atoms with van der Waals surface area (Å²) < 4.78 is 0. The number of hydrogen-bond acceptors (Lipinski definition) is 3. The molecule has 0 radical (unpaired) electrons. The number of anilines is 1. The molecule has 4 heteroatoms. The zero-order chi connectivity index (χ0) is 13.7. The van der Waals surface area contributed by atoms with E-state index < -0.39 is 0 Å². The average Bonchev–Trinajstić information content (AvgIpc) is 2.83. The molecule has 0 aliphatic carbocycles. The summed E-state index contributed by atoms with van der Waals surface area (Å²) in [5.41, 5.74) is 1.77. The van der Waals surface area contributed by atoms with Gasteiger partial charge in [-0.2, -0.15) is 0 Å². The van der Waals surface area contributed by atoms with Crippen molar-refractivity contribution < 1.29 is 4.79 Å². The highest BCUT2D eigenvalue weighted by atomic mass is 16.1. The molecule has 0 aromatic heterocycles. The first kappa shape index (κ1) is 13.9. The Morgan fingerprint density at radius 3 is 2.68 bits per heavy atom. The van der Waals surface area contributed by atoms with Gasteiger partial charge >= 0.3 is 0 Å². The Kier molecular flexibility index (Phi) is 4.80. The first-order valence-electron chi connectivity index (χ1n) is 7.03. The standard InChI is InChI=1S/C15H23N3O/c1-3-16-13-8-6-12(7-9-13)15(19)17-11-14-5-4-10-18(14)2/h6-9,14,16H,3-5,10-11H2,1-2H3,(H,17,19). The summed E-state index contributed by atoms with van der Waals surface area (Å²) in [6, 6.07) is 8.11. The van der Waals surface area contributed by atoms with E-state index >= 15 is 0 Å². The highest BCUT2D eigenvalue weighted by molar-refractivity contribution is 5.94. The molecule has 2 N–H and O–H groups in total. The van der Waals surface area contributed by atoms with Gasteiger partial charge in [-0.1, -0.05) is 0 Å². The van der Waals surface area contributed by atoms with E-state index in [9.17, 15) is 4.79 Å². The molecule has 0 bridgehead atoms. The Morgan fingerprint density at radius 2 is 2.11 bits per heavy atom. The van der Waals surface area contributed by atoms with Crippen molar-refractivity contribution in [2.24, 2.45) is 0 Å². The molecular weight excluding hydrogens is 238 g/mol. The molecule has 1 amide bonds. The number of likely N-dealkylation sites (tertiary alicyclic amines) is 1. The summed E-state index contributed by atoms with van der Waals surface area (Å²) in [6.07, 6.45) is 2.41. The second kappa shape index (κ2) is 6.57. The van der Waals surface area contributed by atoms with Crippen LogP contribution in [0.5, 0.6) is 0 Å². The SMILES string of the molecule is CCNc1ccc(C(=O)NCC2CCCN2C)cc1. The molecule has 1 aliphatic rings. The van der Waals surface area contributed by atoms with Gasteiger partial charge in [0, 0.05) is 30.4 Å². The Labute approximate surface area is 115 Å². The van der Waals surface area contributed by atoms with Gasteiger partial charge in [0.1, 0.15) is 0 Å². The molecule has 2 rings (SSSR count). The van der Waals surface area contributed by atoms with Crippen LogP contribution in [0.3, 0.4) is 0 Å². The van der Waals surface area contributed by atoms with Crippen molar-refractivity contribution in [1.29, 1.82) is 0 Å².